The second-order valence-corrected chi connectivity index (χ2v) is 5.43. The Morgan fingerprint density at radius 3 is 2.59 bits per heavy atom. The molecule has 1 saturated carbocycles. The van der Waals surface area contributed by atoms with E-state index in [4.69, 9.17) is 4.52 Å². The molecule has 0 aromatic carbocycles. The Kier molecular flexibility index (Phi) is 3.16. The van der Waals surface area contributed by atoms with E-state index in [0.29, 0.717) is 0 Å². The first-order valence-electron chi connectivity index (χ1n) is 6.66. The van der Waals surface area contributed by atoms with Crippen LogP contribution in [0.4, 0.5) is 0 Å². The van der Waals surface area contributed by atoms with Crippen LogP contribution in [0.15, 0.2) is 16.9 Å². The zero-order valence-corrected chi connectivity index (χ0v) is 10.5. The average Bonchev–Trinajstić information content (AvgIpc) is 3.05. The highest BCUT2D eigenvalue weighted by molar-refractivity contribution is 4.99. The highest BCUT2D eigenvalue weighted by Gasteiger charge is 2.35. The van der Waals surface area contributed by atoms with Crippen LogP contribution in [0.2, 0.25) is 0 Å². The monoisotopic (exact) mass is 235 g/mol. The van der Waals surface area contributed by atoms with Crippen LogP contribution >= 0.6 is 0 Å². The molecule has 0 spiro atoms. The molecular weight excluding hydrogens is 214 g/mol. The molecule has 1 saturated heterocycles. The first-order chi connectivity index (χ1) is 8.33. The van der Waals surface area contributed by atoms with Crippen molar-refractivity contribution in [1.29, 1.82) is 0 Å². The van der Waals surface area contributed by atoms with Crippen LogP contribution in [0.25, 0.3) is 0 Å². The standard InChI is InChI=1S/C13H21N3O/c1-15-7-4-13(5-8-15)16(12-2-3-12)10-11-6-9-17-14-11/h6,9,12-13H,2-5,7-8,10H2,1H3. The average molecular weight is 235 g/mol. The van der Waals surface area contributed by atoms with E-state index in [1.165, 1.54) is 38.8 Å². The van der Waals surface area contributed by atoms with Gasteiger partial charge in [-0.3, -0.25) is 4.90 Å². The lowest BCUT2D eigenvalue weighted by molar-refractivity contribution is 0.105. The van der Waals surface area contributed by atoms with Crippen LogP contribution in [0.1, 0.15) is 31.4 Å². The summed E-state index contributed by atoms with van der Waals surface area (Å²) in [7, 11) is 2.22. The molecule has 1 aromatic rings. The van der Waals surface area contributed by atoms with E-state index in [-0.39, 0.29) is 0 Å². The van der Waals surface area contributed by atoms with Crippen molar-refractivity contribution in [2.24, 2.45) is 0 Å². The zero-order valence-electron chi connectivity index (χ0n) is 10.5. The predicted molar refractivity (Wildman–Crippen MR) is 65.6 cm³/mol. The summed E-state index contributed by atoms with van der Waals surface area (Å²) in [5, 5.41) is 4.05. The Bertz CT molecular complexity index is 340. The van der Waals surface area contributed by atoms with Gasteiger partial charge in [-0.25, -0.2) is 0 Å². The maximum atomic E-state index is 4.94. The molecule has 17 heavy (non-hydrogen) atoms. The summed E-state index contributed by atoms with van der Waals surface area (Å²) in [5.74, 6) is 0. The lowest BCUT2D eigenvalue weighted by atomic mass is 10.0. The fourth-order valence-electron chi connectivity index (χ4n) is 2.80. The van der Waals surface area contributed by atoms with Crippen LogP contribution in [0.3, 0.4) is 0 Å². The van der Waals surface area contributed by atoms with Crippen molar-refractivity contribution in [2.75, 3.05) is 20.1 Å². The number of rotatable bonds is 4. The Hall–Kier alpha value is -0.870. The van der Waals surface area contributed by atoms with Gasteiger partial charge in [0.2, 0.25) is 0 Å². The van der Waals surface area contributed by atoms with E-state index in [0.717, 1.165) is 24.3 Å². The first kappa shape index (κ1) is 11.2. The van der Waals surface area contributed by atoms with Gasteiger partial charge in [0, 0.05) is 24.7 Å². The summed E-state index contributed by atoms with van der Waals surface area (Å²) < 4.78 is 4.94. The van der Waals surface area contributed by atoms with Crippen molar-refractivity contribution in [1.82, 2.24) is 15.0 Å². The van der Waals surface area contributed by atoms with Gasteiger partial charge in [0.05, 0.1) is 5.69 Å². The van der Waals surface area contributed by atoms with Gasteiger partial charge in [0.25, 0.3) is 0 Å². The lowest BCUT2D eigenvalue weighted by Crippen LogP contribution is -2.44. The fourth-order valence-corrected chi connectivity index (χ4v) is 2.80. The maximum absolute atomic E-state index is 4.94. The van der Waals surface area contributed by atoms with E-state index in [9.17, 15) is 0 Å². The lowest BCUT2D eigenvalue weighted by Gasteiger charge is -2.37. The van der Waals surface area contributed by atoms with Crippen molar-refractivity contribution in [3.63, 3.8) is 0 Å². The van der Waals surface area contributed by atoms with Gasteiger partial charge >= 0.3 is 0 Å². The van der Waals surface area contributed by atoms with Gasteiger partial charge in [0.1, 0.15) is 6.26 Å². The van der Waals surface area contributed by atoms with Crippen LogP contribution in [0, 0.1) is 0 Å². The van der Waals surface area contributed by atoms with Crippen molar-refractivity contribution in [2.45, 2.75) is 44.3 Å². The molecule has 94 valence electrons. The number of aromatic nitrogens is 1. The number of hydrogen-bond donors (Lipinski definition) is 0. The van der Waals surface area contributed by atoms with Gasteiger partial charge in [-0.1, -0.05) is 5.16 Å². The second-order valence-electron chi connectivity index (χ2n) is 5.43. The molecular formula is C13H21N3O. The van der Waals surface area contributed by atoms with E-state index >= 15 is 0 Å². The predicted octanol–water partition coefficient (Wildman–Crippen LogP) is 1.73. The summed E-state index contributed by atoms with van der Waals surface area (Å²) in [6.07, 6.45) is 7.00. The highest BCUT2D eigenvalue weighted by atomic mass is 16.5. The van der Waals surface area contributed by atoms with E-state index < -0.39 is 0 Å². The number of likely N-dealkylation sites (tertiary alicyclic amines) is 1. The van der Waals surface area contributed by atoms with E-state index in [1.807, 2.05) is 6.07 Å². The summed E-state index contributed by atoms with van der Waals surface area (Å²) in [6, 6.07) is 3.54. The molecule has 4 nitrogen and oxygen atoms in total. The van der Waals surface area contributed by atoms with E-state index in [1.54, 1.807) is 6.26 Å². The Morgan fingerprint density at radius 1 is 1.29 bits per heavy atom. The number of hydrogen-bond acceptors (Lipinski definition) is 4. The fraction of sp³-hybridized carbons (Fsp3) is 0.769. The molecule has 1 aliphatic heterocycles. The minimum Gasteiger partial charge on any atom is -0.364 e. The van der Waals surface area contributed by atoms with Gasteiger partial charge < -0.3 is 9.42 Å². The minimum absolute atomic E-state index is 0.746. The summed E-state index contributed by atoms with van der Waals surface area (Å²) >= 11 is 0. The topological polar surface area (TPSA) is 32.5 Å². The van der Waals surface area contributed by atoms with Crippen molar-refractivity contribution in [3.8, 4) is 0 Å². The highest BCUT2D eigenvalue weighted by Crippen LogP contribution is 2.32. The summed E-state index contributed by atoms with van der Waals surface area (Å²) in [5.41, 5.74) is 1.08. The Morgan fingerprint density at radius 2 is 2.00 bits per heavy atom. The molecule has 0 radical (unpaired) electrons. The third kappa shape index (κ3) is 2.69. The van der Waals surface area contributed by atoms with Crippen molar-refractivity contribution in [3.05, 3.63) is 18.0 Å². The quantitative estimate of drug-likeness (QED) is 0.795. The van der Waals surface area contributed by atoms with Gasteiger partial charge in [-0.05, 0) is 45.8 Å². The van der Waals surface area contributed by atoms with E-state index in [2.05, 4.69) is 22.0 Å². The zero-order chi connectivity index (χ0) is 11.7. The second kappa shape index (κ2) is 4.78. The molecule has 2 aliphatic rings. The minimum atomic E-state index is 0.746. The van der Waals surface area contributed by atoms with Crippen molar-refractivity contribution >= 4 is 0 Å². The molecule has 1 aliphatic carbocycles. The molecule has 2 heterocycles. The molecule has 0 amide bonds. The third-order valence-electron chi connectivity index (χ3n) is 4.01. The van der Waals surface area contributed by atoms with Crippen molar-refractivity contribution < 1.29 is 4.52 Å². The Balaban J connectivity index is 1.63. The normalized spacial score (nSPS) is 23.4. The van der Waals surface area contributed by atoms with Crippen LogP contribution < -0.4 is 0 Å². The number of piperidine rings is 1. The molecule has 3 rings (SSSR count). The molecule has 0 N–H and O–H groups in total. The molecule has 0 bridgehead atoms. The smallest absolute Gasteiger partial charge is 0.124 e. The first-order valence-corrected chi connectivity index (χ1v) is 6.66. The summed E-state index contributed by atoms with van der Waals surface area (Å²) in [4.78, 5) is 5.09. The molecule has 2 fully saturated rings. The maximum Gasteiger partial charge on any atom is 0.124 e. The molecule has 1 aromatic heterocycles. The third-order valence-corrected chi connectivity index (χ3v) is 4.01. The van der Waals surface area contributed by atoms with Crippen LogP contribution in [-0.2, 0) is 6.54 Å². The molecule has 0 unspecified atom stereocenters. The van der Waals surface area contributed by atoms with Gasteiger partial charge in [0.15, 0.2) is 0 Å². The van der Waals surface area contributed by atoms with Crippen LogP contribution in [-0.4, -0.2) is 47.2 Å². The summed E-state index contributed by atoms with van der Waals surface area (Å²) in [6.45, 7) is 3.43. The molecule has 0 atom stereocenters. The van der Waals surface area contributed by atoms with Gasteiger partial charge in [-0.15, -0.1) is 0 Å². The Labute approximate surface area is 103 Å². The number of nitrogens with zero attached hydrogens (tertiary/aromatic N) is 3. The SMILES string of the molecule is CN1CCC(N(Cc2ccon2)C2CC2)CC1. The largest absolute Gasteiger partial charge is 0.364 e. The van der Waals surface area contributed by atoms with Gasteiger partial charge in [-0.2, -0.15) is 0 Å². The molecule has 4 heteroatoms. The van der Waals surface area contributed by atoms with Crippen LogP contribution in [0.5, 0.6) is 0 Å².